The smallest absolute Gasteiger partial charge is 0.239 e. The minimum atomic E-state index is -0.775. The van der Waals surface area contributed by atoms with E-state index in [9.17, 15) is 4.79 Å². The fraction of sp³-hybridized carbons (Fsp3) is 0.889. The Morgan fingerprint density at radius 2 is 1.75 bits per heavy atom. The Labute approximate surface area is 74.7 Å². The van der Waals surface area contributed by atoms with Crippen LogP contribution in [0.4, 0.5) is 0 Å². The van der Waals surface area contributed by atoms with Crippen LogP contribution in [-0.2, 0) is 4.79 Å². The summed E-state index contributed by atoms with van der Waals surface area (Å²) >= 11 is 0. The highest BCUT2D eigenvalue weighted by Crippen LogP contribution is 2.03. The maximum Gasteiger partial charge on any atom is 0.239 e. The number of amides is 1. The zero-order chi connectivity index (χ0) is 9.94. The van der Waals surface area contributed by atoms with Gasteiger partial charge in [-0.1, -0.05) is 13.8 Å². The minimum absolute atomic E-state index is 0.0938. The summed E-state index contributed by atoms with van der Waals surface area (Å²) in [6.45, 7) is 9.52. The van der Waals surface area contributed by atoms with Crippen LogP contribution in [0, 0.1) is 5.92 Å². The Morgan fingerprint density at radius 3 is 2.00 bits per heavy atom. The molecule has 1 amide bonds. The highest BCUT2D eigenvalue weighted by atomic mass is 16.2. The Morgan fingerprint density at radius 1 is 1.33 bits per heavy atom. The summed E-state index contributed by atoms with van der Waals surface area (Å²) in [7, 11) is 0. The van der Waals surface area contributed by atoms with Crippen molar-refractivity contribution in [3.05, 3.63) is 0 Å². The third-order valence-electron chi connectivity index (χ3n) is 1.94. The Kier molecular flexibility index (Phi) is 3.71. The van der Waals surface area contributed by atoms with Gasteiger partial charge in [0.05, 0.1) is 5.54 Å². The van der Waals surface area contributed by atoms with Crippen molar-refractivity contribution in [2.24, 2.45) is 11.7 Å². The molecule has 3 nitrogen and oxygen atoms in total. The first-order chi connectivity index (χ1) is 5.25. The number of hydrogen-bond donors (Lipinski definition) is 2. The first kappa shape index (κ1) is 11.4. The van der Waals surface area contributed by atoms with Crippen LogP contribution in [-0.4, -0.2) is 17.5 Å². The maximum atomic E-state index is 11.3. The summed E-state index contributed by atoms with van der Waals surface area (Å²) in [6, 6.07) is 0.181. The van der Waals surface area contributed by atoms with E-state index in [2.05, 4.69) is 19.2 Å². The van der Waals surface area contributed by atoms with Crippen molar-refractivity contribution in [2.45, 2.75) is 46.2 Å². The molecule has 0 saturated heterocycles. The van der Waals surface area contributed by atoms with Crippen molar-refractivity contribution < 1.29 is 4.79 Å². The van der Waals surface area contributed by atoms with Crippen LogP contribution in [0.2, 0.25) is 0 Å². The topological polar surface area (TPSA) is 55.1 Å². The molecule has 0 aliphatic rings. The molecule has 3 heteroatoms. The van der Waals surface area contributed by atoms with Gasteiger partial charge >= 0.3 is 0 Å². The predicted molar refractivity (Wildman–Crippen MR) is 50.7 cm³/mol. The molecular formula is C9H20N2O. The van der Waals surface area contributed by atoms with Gasteiger partial charge in [-0.25, -0.2) is 0 Å². The Hall–Kier alpha value is -0.570. The molecule has 0 fully saturated rings. The molecule has 0 aromatic carbocycles. The number of nitrogens with two attached hydrogens (primary N) is 1. The van der Waals surface area contributed by atoms with Crippen molar-refractivity contribution in [2.75, 3.05) is 0 Å². The van der Waals surface area contributed by atoms with Crippen LogP contribution >= 0.6 is 0 Å². The highest BCUT2D eigenvalue weighted by Gasteiger charge is 2.23. The zero-order valence-corrected chi connectivity index (χ0v) is 8.64. The molecule has 0 heterocycles. The van der Waals surface area contributed by atoms with Gasteiger partial charge in [-0.2, -0.15) is 0 Å². The molecule has 1 atom stereocenters. The fourth-order valence-electron chi connectivity index (χ4n) is 0.559. The van der Waals surface area contributed by atoms with Crippen LogP contribution in [0.15, 0.2) is 0 Å². The van der Waals surface area contributed by atoms with Crippen LogP contribution in [0.1, 0.15) is 34.6 Å². The summed E-state index contributed by atoms with van der Waals surface area (Å²) in [5, 5.41) is 2.86. The van der Waals surface area contributed by atoms with Gasteiger partial charge in [0.15, 0.2) is 0 Å². The molecule has 12 heavy (non-hydrogen) atoms. The first-order valence-corrected chi connectivity index (χ1v) is 4.35. The van der Waals surface area contributed by atoms with Crippen LogP contribution in [0.5, 0.6) is 0 Å². The molecule has 0 spiro atoms. The SMILES string of the molecule is CC(C)C(C)NC(=O)C(C)(C)N. The van der Waals surface area contributed by atoms with E-state index in [0.29, 0.717) is 5.92 Å². The fourth-order valence-corrected chi connectivity index (χ4v) is 0.559. The standard InChI is InChI=1S/C9H20N2O/c1-6(2)7(3)11-8(12)9(4,5)10/h6-7H,10H2,1-5H3,(H,11,12). The second-order valence-electron chi connectivity index (χ2n) is 4.23. The number of rotatable bonds is 3. The largest absolute Gasteiger partial charge is 0.352 e. The lowest BCUT2D eigenvalue weighted by Crippen LogP contribution is -2.52. The van der Waals surface area contributed by atoms with Gasteiger partial charge in [-0.05, 0) is 26.7 Å². The van der Waals surface area contributed by atoms with E-state index >= 15 is 0 Å². The quantitative estimate of drug-likeness (QED) is 0.664. The molecule has 72 valence electrons. The lowest BCUT2D eigenvalue weighted by molar-refractivity contribution is -0.126. The Balaban J connectivity index is 4.02. The minimum Gasteiger partial charge on any atom is -0.352 e. The average molecular weight is 172 g/mol. The van der Waals surface area contributed by atoms with Gasteiger partial charge in [0, 0.05) is 6.04 Å². The summed E-state index contributed by atoms with van der Waals surface area (Å²) < 4.78 is 0. The van der Waals surface area contributed by atoms with Crippen molar-refractivity contribution in [1.82, 2.24) is 5.32 Å². The van der Waals surface area contributed by atoms with E-state index in [1.54, 1.807) is 13.8 Å². The second-order valence-corrected chi connectivity index (χ2v) is 4.23. The van der Waals surface area contributed by atoms with E-state index in [-0.39, 0.29) is 11.9 Å². The number of carbonyl (C=O) groups excluding carboxylic acids is 1. The zero-order valence-electron chi connectivity index (χ0n) is 8.64. The lowest BCUT2D eigenvalue weighted by Gasteiger charge is -2.23. The van der Waals surface area contributed by atoms with Crippen molar-refractivity contribution in [1.29, 1.82) is 0 Å². The van der Waals surface area contributed by atoms with Crippen LogP contribution < -0.4 is 11.1 Å². The van der Waals surface area contributed by atoms with E-state index in [0.717, 1.165) is 0 Å². The number of hydrogen-bond acceptors (Lipinski definition) is 2. The molecule has 0 bridgehead atoms. The van der Waals surface area contributed by atoms with Crippen molar-refractivity contribution in [3.8, 4) is 0 Å². The molecule has 1 unspecified atom stereocenters. The van der Waals surface area contributed by atoms with Crippen molar-refractivity contribution in [3.63, 3.8) is 0 Å². The van der Waals surface area contributed by atoms with Crippen LogP contribution in [0.25, 0.3) is 0 Å². The van der Waals surface area contributed by atoms with Gasteiger partial charge in [0.2, 0.25) is 5.91 Å². The maximum absolute atomic E-state index is 11.3. The molecule has 3 N–H and O–H groups in total. The van der Waals surface area contributed by atoms with Crippen LogP contribution in [0.3, 0.4) is 0 Å². The summed E-state index contributed by atoms with van der Waals surface area (Å²) in [5.74, 6) is 0.347. The van der Waals surface area contributed by atoms with Crippen molar-refractivity contribution >= 4 is 5.91 Å². The lowest BCUT2D eigenvalue weighted by atomic mass is 10.0. The molecule has 0 aromatic rings. The molecule has 0 saturated carbocycles. The highest BCUT2D eigenvalue weighted by molar-refractivity contribution is 5.85. The second kappa shape index (κ2) is 3.90. The van der Waals surface area contributed by atoms with E-state index in [4.69, 9.17) is 5.73 Å². The van der Waals surface area contributed by atoms with Gasteiger partial charge in [0.1, 0.15) is 0 Å². The van der Waals surface area contributed by atoms with Gasteiger partial charge in [-0.15, -0.1) is 0 Å². The molecule has 0 aliphatic heterocycles. The number of nitrogens with one attached hydrogen (secondary N) is 1. The summed E-state index contributed by atoms with van der Waals surface area (Å²) in [5.41, 5.74) is 4.84. The number of carbonyl (C=O) groups is 1. The normalized spacial score (nSPS) is 14.6. The summed E-state index contributed by atoms with van der Waals surface area (Å²) in [6.07, 6.45) is 0. The van der Waals surface area contributed by atoms with E-state index < -0.39 is 5.54 Å². The van der Waals surface area contributed by atoms with Gasteiger partial charge in [-0.3, -0.25) is 4.79 Å². The third-order valence-corrected chi connectivity index (χ3v) is 1.94. The monoisotopic (exact) mass is 172 g/mol. The predicted octanol–water partition coefficient (Wildman–Crippen LogP) is 0.884. The molecule has 0 radical (unpaired) electrons. The molecule has 0 rings (SSSR count). The third kappa shape index (κ3) is 3.72. The summed E-state index contributed by atoms with van der Waals surface area (Å²) in [4.78, 5) is 11.3. The van der Waals surface area contributed by atoms with E-state index in [1.165, 1.54) is 0 Å². The van der Waals surface area contributed by atoms with Gasteiger partial charge < -0.3 is 11.1 Å². The average Bonchev–Trinajstić information content (AvgIpc) is 1.85. The van der Waals surface area contributed by atoms with Gasteiger partial charge in [0.25, 0.3) is 0 Å². The molecular weight excluding hydrogens is 152 g/mol. The molecule has 0 aliphatic carbocycles. The Bertz CT molecular complexity index is 158. The van der Waals surface area contributed by atoms with E-state index in [1.807, 2.05) is 6.92 Å². The first-order valence-electron chi connectivity index (χ1n) is 4.35. The molecule has 0 aromatic heterocycles.